The molecule has 0 aliphatic carbocycles. The Hall–Kier alpha value is -2.63. The van der Waals surface area contributed by atoms with E-state index >= 15 is 0 Å². The molecular formula is C19H20N2O4. The number of ether oxygens (including phenoxy) is 1. The molecule has 3 aliphatic heterocycles. The average Bonchev–Trinajstić information content (AvgIpc) is 3.04. The molecule has 0 N–H and O–H groups in total. The van der Waals surface area contributed by atoms with Gasteiger partial charge in [-0.25, -0.2) is 4.79 Å². The number of hydrogen-bond acceptors (Lipinski definition) is 5. The third kappa shape index (κ3) is 2.13. The van der Waals surface area contributed by atoms with Gasteiger partial charge >= 0.3 is 5.97 Å². The van der Waals surface area contributed by atoms with Crippen LogP contribution in [-0.2, 0) is 19.1 Å². The summed E-state index contributed by atoms with van der Waals surface area (Å²) in [6, 6.07) is 6.59. The quantitative estimate of drug-likeness (QED) is 0.602. The van der Waals surface area contributed by atoms with Gasteiger partial charge in [-0.3, -0.25) is 14.5 Å². The SMILES string of the molecule is CC(C)OC(=O)[C@@H]1[C@@H]2C(=O)N(C)C(=O)[C@@H]2[C@H]2C=Cc3ccccc3N21. The highest BCUT2D eigenvalue weighted by Crippen LogP contribution is 2.48. The van der Waals surface area contributed by atoms with Crippen LogP contribution in [0.15, 0.2) is 30.3 Å². The number of fused-ring (bicyclic) bond motifs is 5. The molecular weight excluding hydrogens is 320 g/mol. The summed E-state index contributed by atoms with van der Waals surface area (Å²) in [6.07, 6.45) is 3.60. The zero-order valence-electron chi connectivity index (χ0n) is 14.4. The predicted octanol–water partition coefficient (Wildman–Crippen LogP) is 1.45. The maximum absolute atomic E-state index is 12.9. The Kier molecular flexibility index (Phi) is 3.45. The summed E-state index contributed by atoms with van der Waals surface area (Å²) in [7, 11) is 1.48. The van der Waals surface area contributed by atoms with Crippen molar-refractivity contribution < 1.29 is 19.1 Å². The topological polar surface area (TPSA) is 66.9 Å². The fraction of sp³-hybridized carbons (Fsp3) is 0.421. The summed E-state index contributed by atoms with van der Waals surface area (Å²) >= 11 is 0. The van der Waals surface area contributed by atoms with Gasteiger partial charge < -0.3 is 9.64 Å². The highest BCUT2D eigenvalue weighted by Gasteiger charge is 2.63. The van der Waals surface area contributed by atoms with Crippen molar-refractivity contribution in [2.45, 2.75) is 32.0 Å². The molecule has 4 rings (SSSR count). The molecule has 0 unspecified atom stereocenters. The van der Waals surface area contributed by atoms with Crippen LogP contribution < -0.4 is 4.90 Å². The number of rotatable bonds is 2. The minimum absolute atomic E-state index is 0.228. The Morgan fingerprint density at radius 3 is 2.52 bits per heavy atom. The van der Waals surface area contributed by atoms with E-state index in [0.717, 1.165) is 16.2 Å². The van der Waals surface area contributed by atoms with E-state index in [4.69, 9.17) is 4.74 Å². The van der Waals surface area contributed by atoms with Gasteiger partial charge in [0.15, 0.2) is 0 Å². The van der Waals surface area contributed by atoms with Crippen LogP contribution >= 0.6 is 0 Å². The third-order valence-corrected chi connectivity index (χ3v) is 5.23. The van der Waals surface area contributed by atoms with Crippen LogP contribution in [0.25, 0.3) is 6.08 Å². The van der Waals surface area contributed by atoms with Crippen LogP contribution in [0, 0.1) is 11.8 Å². The standard InChI is InChI=1S/C19H20N2O4/c1-10(2)25-19(24)16-15-14(17(22)20(3)18(15)23)13-9-8-11-6-4-5-7-12(11)21(13)16/h4-10,13-16H,1-3H3/t13-,14-,15-,16+/m1/s1. The zero-order valence-corrected chi connectivity index (χ0v) is 14.4. The van der Waals surface area contributed by atoms with Gasteiger partial charge in [-0.15, -0.1) is 0 Å². The summed E-state index contributed by atoms with van der Waals surface area (Å²) in [6.45, 7) is 3.55. The second kappa shape index (κ2) is 5.44. The van der Waals surface area contributed by atoms with Gasteiger partial charge in [-0.1, -0.05) is 30.4 Å². The van der Waals surface area contributed by atoms with Crippen molar-refractivity contribution in [1.29, 1.82) is 0 Å². The van der Waals surface area contributed by atoms with E-state index in [9.17, 15) is 14.4 Å². The first kappa shape index (κ1) is 15.9. The normalized spacial score (nSPS) is 29.8. The predicted molar refractivity (Wildman–Crippen MR) is 91.5 cm³/mol. The van der Waals surface area contributed by atoms with Crippen molar-refractivity contribution in [3.8, 4) is 0 Å². The Bertz CT molecular complexity index is 800. The second-order valence-corrected chi connectivity index (χ2v) is 7.03. The summed E-state index contributed by atoms with van der Waals surface area (Å²) in [5.41, 5.74) is 1.83. The van der Waals surface area contributed by atoms with E-state index in [2.05, 4.69) is 0 Å². The molecule has 3 heterocycles. The van der Waals surface area contributed by atoms with E-state index in [1.165, 1.54) is 7.05 Å². The molecule has 0 bridgehead atoms. The average molecular weight is 340 g/mol. The molecule has 2 saturated heterocycles. The summed E-state index contributed by atoms with van der Waals surface area (Å²) in [5.74, 6) is -2.24. The smallest absolute Gasteiger partial charge is 0.329 e. The Labute approximate surface area is 146 Å². The molecule has 6 nitrogen and oxygen atoms in total. The summed E-state index contributed by atoms with van der Waals surface area (Å²) < 4.78 is 5.44. The number of benzene rings is 1. The Morgan fingerprint density at radius 1 is 1.12 bits per heavy atom. The van der Waals surface area contributed by atoms with E-state index in [0.29, 0.717) is 0 Å². The first-order valence-corrected chi connectivity index (χ1v) is 8.49. The van der Waals surface area contributed by atoms with Gasteiger partial charge in [0.2, 0.25) is 11.8 Å². The third-order valence-electron chi connectivity index (χ3n) is 5.23. The van der Waals surface area contributed by atoms with Crippen molar-refractivity contribution in [2.24, 2.45) is 11.8 Å². The number of esters is 1. The van der Waals surface area contributed by atoms with Gasteiger partial charge in [-0.2, -0.15) is 0 Å². The van der Waals surface area contributed by atoms with Gasteiger partial charge in [0.05, 0.1) is 24.0 Å². The highest BCUT2D eigenvalue weighted by molar-refractivity contribution is 6.10. The van der Waals surface area contributed by atoms with Gasteiger partial charge in [0.1, 0.15) is 6.04 Å². The number of nitrogens with zero attached hydrogens (tertiary/aromatic N) is 2. The Balaban J connectivity index is 1.85. The summed E-state index contributed by atoms with van der Waals surface area (Å²) in [4.78, 5) is 41.2. The van der Waals surface area contributed by atoms with Crippen LogP contribution in [0.2, 0.25) is 0 Å². The molecule has 3 aliphatic rings. The molecule has 2 amide bonds. The molecule has 0 saturated carbocycles. The lowest BCUT2D eigenvalue weighted by atomic mass is 9.89. The van der Waals surface area contributed by atoms with Crippen LogP contribution in [0.3, 0.4) is 0 Å². The van der Waals surface area contributed by atoms with E-state index in [-0.39, 0.29) is 24.0 Å². The van der Waals surface area contributed by atoms with Gasteiger partial charge in [0, 0.05) is 12.7 Å². The molecule has 1 aromatic rings. The molecule has 4 atom stereocenters. The molecule has 130 valence electrons. The number of para-hydroxylation sites is 1. The van der Waals surface area contributed by atoms with Crippen LogP contribution in [0.1, 0.15) is 19.4 Å². The van der Waals surface area contributed by atoms with E-state index < -0.39 is 23.8 Å². The van der Waals surface area contributed by atoms with Crippen molar-refractivity contribution in [1.82, 2.24) is 4.90 Å². The molecule has 25 heavy (non-hydrogen) atoms. The number of imide groups is 1. The second-order valence-electron chi connectivity index (χ2n) is 7.03. The van der Waals surface area contributed by atoms with Gasteiger partial charge in [-0.05, 0) is 25.5 Å². The molecule has 0 spiro atoms. The van der Waals surface area contributed by atoms with Gasteiger partial charge in [0.25, 0.3) is 0 Å². The van der Waals surface area contributed by atoms with Crippen molar-refractivity contribution >= 4 is 29.5 Å². The molecule has 0 aromatic heterocycles. The van der Waals surface area contributed by atoms with Crippen molar-refractivity contribution in [3.63, 3.8) is 0 Å². The lowest BCUT2D eigenvalue weighted by molar-refractivity contribution is -0.152. The fourth-order valence-corrected chi connectivity index (χ4v) is 4.24. The first-order valence-electron chi connectivity index (χ1n) is 8.49. The number of likely N-dealkylation sites (tertiary alicyclic amines) is 1. The van der Waals surface area contributed by atoms with Crippen LogP contribution in [0.5, 0.6) is 0 Å². The highest BCUT2D eigenvalue weighted by atomic mass is 16.5. The lowest BCUT2D eigenvalue weighted by Gasteiger charge is -2.36. The van der Waals surface area contributed by atoms with Crippen LogP contribution in [0.4, 0.5) is 5.69 Å². The molecule has 6 heteroatoms. The minimum atomic E-state index is -0.787. The minimum Gasteiger partial charge on any atom is -0.461 e. The van der Waals surface area contributed by atoms with Crippen LogP contribution in [-0.4, -0.2) is 47.9 Å². The number of carbonyl (C=O) groups is 3. The molecule has 1 aromatic carbocycles. The maximum Gasteiger partial charge on any atom is 0.329 e. The fourth-order valence-electron chi connectivity index (χ4n) is 4.24. The van der Waals surface area contributed by atoms with Crippen molar-refractivity contribution in [3.05, 3.63) is 35.9 Å². The van der Waals surface area contributed by atoms with E-state index in [1.54, 1.807) is 13.8 Å². The first-order chi connectivity index (χ1) is 11.9. The van der Waals surface area contributed by atoms with Crippen molar-refractivity contribution in [2.75, 3.05) is 11.9 Å². The number of amides is 2. The maximum atomic E-state index is 12.9. The molecule has 2 fully saturated rings. The number of anilines is 1. The summed E-state index contributed by atoms with van der Waals surface area (Å²) in [5, 5.41) is 0. The largest absolute Gasteiger partial charge is 0.461 e. The number of hydrogen-bond donors (Lipinski definition) is 0. The lowest BCUT2D eigenvalue weighted by Crippen LogP contribution is -2.49. The monoisotopic (exact) mass is 340 g/mol. The van der Waals surface area contributed by atoms with E-state index in [1.807, 2.05) is 41.3 Å². The number of carbonyl (C=O) groups excluding carboxylic acids is 3. The zero-order chi connectivity index (χ0) is 17.9. The Morgan fingerprint density at radius 2 is 1.80 bits per heavy atom. The molecule has 0 radical (unpaired) electrons.